The van der Waals surface area contributed by atoms with Crippen LogP contribution in [0.15, 0.2) is 24.3 Å². The van der Waals surface area contributed by atoms with Crippen LogP contribution in [0.4, 0.5) is 4.39 Å². The van der Waals surface area contributed by atoms with E-state index in [0.717, 1.165) is 37.7 Å². The first-order valence-electron chi connectivity index (χ1n) is 6.29. The second-order valence-corrected chi connectivity index (χ2v) is 5.22. The smallest absolute Gasteiger partial charge is 0.123 e. The van der Waals surface area contributed by atoms with E-state index in [0.29, 0.717) is 5.92 Å². The summed E-state index contributed by atoms with van der Waals surface area (Å²) in [6, 6.07) is 6.87. The topological polar surface area (TPSA) is 15.3 Å². The summed E-state index contributed by atoms with van der Waals surface area (Å²) >= 11 is 0. The third kappa shape index (κ3) is 3.51. The number of rotatable bonds is 4. The molecular formula is C14H21FN2. The molecule has 1 aliphatic rings. The summed E-state index contributed by atoms with van der Waals surface area (Å²) in [7, 11) is 2.11. The fourth-order valence-corrected chi connectivity index (χ4v) is 2.52. The van der Waals surface area contributed by atoms with Crippen LogP contribution in [0.1, 0.15) is 12.5 Å². The zero-order chi connectivity index (χ0) is 12.3. The monoisotopic (exact) mass is 236 g/mol. The van der Waals surface area contributed by atoms with Crippen LogP contribution in [-0.2, 0) is 6.54 Å². The Hall–Kier alpha value is -0.930. The van der Waals surface area contributed by atoms with Gasteiger partial charge < -0.3 is 10.2 Å². The highest BCUT2D eigenvalue weighted by Gasteiger charge is 2.23. The molecule has 17 heavy (non-hydrogen) atoms. The van der Waals surface area contributed by atoms with Crippen LogP contribution < -0.4 is 5.32 Å². The molecule has 94 valence electrons. The normalized spacial score (nSPS) is 24.5. The van der Waals surface area contributed by atoms with Crippen molar-refractivity contribution in [3.63, 3.8) is 0 Å². The van der Waals surface area contributed by atoms with Crippen LogP contribution in [0.3, 0.4) is 0 Å². The van der Waals surface area contributed by atoms with Crippen molar-refractivity contribution >= 4 is 0 Å². The van der Waals surface area contributed by atoms with Crippen molar-refractivity contribution in [1.29, 1.82) is 0 Å². The number of hydrogen-bond donors (Lipinski definition) is 1. The molecule has 0 aliphatic carbocycles. The Balaban J connectivity index is 1.86. The van der Waals surface area contributed by atoms with Gasteiger partial charge in [0.1, 0.15) is 5.82 Å². The van der Waals surface area contributed by atoms with Crippen molar-refractivity contribution in [2.45, 2.75) is 13.5 Å². The van der Waals surface area contributed by atoms with E-state index in [1.54, 1.807) is 12.1 Å². The van der Waals surface area contributed by atoms with Gasteiger partial charge in [-0.05, 0) is 49.7 Å². The number of nitrogens with zero attached hydrogens (tertiary/aromatic N) is 1. The summed E-state index contributed by atoms with van der Waals surface area (Å²) in [5.41, 5.74) is 1.05. The number of benzene rings is 1. The minimum absolute atomic E-state index is 0.146. The Labute approximate surface area is 103 Å². The SMILES string of the molecule is C[C@@H]1CNC[C@H]1CN(C)Cc1cccc(F)c1. The maximum atomic E-state index is 13.1. The molecule has 0 radical (unpaired) electrons. The molecule has 0 bridgehead atoms. The maximum absolute atomic E-state index is 13.1. The second-order valence-electron chi connectivity index (χ2n) is 5.22. The van der Waals surface area contributed by atoms with Gasteiger partial charge in [0.15, 0.2) is 0 Å². The van der Waals surface area contributed by atoms with Gasteiger partial charge in [-0.25, -0.2) is 4.39 Å². The van der Waals surface area contributed by atoms with Gasteiger partial charge in [-0.1, -0.05) is 19.1 Å². The predicted octanol–water partition coefficient (Wildman–Crippen LogP) is 2.11. The maximum Gasteiger partial charge on any atom is 0.123 e. The summed E-state index contributed by atoms with van der Waals surface area (Å²) in [5.74, 6) is 1.31. The standard InChI is InChI=1S/C14H21FN2/c1-11-7-16-8-13(11)10-17(2)9-12-4-3-5-14(15)6-12/h3-6,11,13,16H,7-10H2,1-2H3/t11-,13+/m1/s1. The first-order valence-corrected chi connectivity index (χ1v) is 6.29. The summed E-state index contributed by atoms with van der Waals surface area (Å²) < 4.78 is 13.1. The largest absolute Gasteiger partial charge is 0.316 e. The minimum Gasteiger partial charge on any atom is -0.316 e. The van der Waals surface area contributed by atoms with Crippen LogP contribution in [0.5, 0.6) is 0 Å². The lowest BCUT2D eigenvalue weighted by Crippen LogP contribution is -2.28. The van der Waals surface area contributed by atoms with Crippen molar-refractivity contribution in [2.24, 2.45) is 11.8 Å². The van der Waals surface area contributed by atoms with E-state index >= 15 is 0 Å². The van der Waals surface area contributed by atoms with Gasteiger partial charge in [0.05, 0.1) is 0 Å². The highest BCUT2D eigenvalue weighted by Crippen LogP contribution is 2.17. The number of hydrogen-bond acceptors (Lipinski definition) is 2. The van der Waals surface area contributed by atoms with Crippen molar-refractivity contribution in [3.8, 4) is 0 Å². The Morgan fingerprint density at radius 1 is 1.41 bits per heavy atom. The van der Waals surface area contributed by atoms with E-state index in [1.165, 1.54) is 6.07 Å². The molecule has 2 atom stereocenters. The molecule has 1 aliphatic heterocycles. The predicted molar refractivity (Wildman–Crippen MR) is 68.3 cm³/mol. The summed E-state index contributed by atoms with van der Waals surface area (Å²) in [6.07, 6.45) is 0. The van der Waals surface area contributed by atoms with Gasteiger partial charge in [0, 0.05) is 13.1 Å². The number of nitrogens with one attached hydrogen (secondary N) is 1. The van der Waals surface area contributed by atoms with E-state index in [-0.39, 0.29) is 5.82 Å². The molecule has 1 aromatic rings. The van der Waals surface area contributed by atoms with Crippen LogP contribution in [0.25, 0.3) is 0 Å². The lowest BCUT2D eigenvalue weighted by Gasteiger charge is -2.23. The van der Waals surface area contributed by atoms with Crippen molar-refractivity contribution in [1.82, 2.24) is 10.2 Å². The third-order valence-corrected chi connectivity index (χ3v) is 3.57. The molecule has 1 N–H and O–H groups in total. The molecule has 3 heteroatoms. The quantitative estimate of drug-likeness (QED) is 0.861. The first kappa shape index (κ1) is 12.5. The van der Waals surface area contributed by atoms with Gasteiger partial charge in [-0.2, -0.15) is 0 Å². The highest BCUT2D eigenvalue weighted by molar-refractivity contribution is 5.16. The minimum atomic E-state index is -0.146. The average Bonchev–Trinajstić information content (AvgIpc) is 2.64. The van der Waals surface area contributed by atoms with Crippen LogP contribution in [0, 0.1) is 17.7 Å². The van der Waals surface area contributed by atoms with E-state index in [9.17, 15) is 4.39 Å². The molecule has 1 fully saturated rings. The summed E-state index contributed by atoms with van der Waals surface area (Å²) in [4.78, 5) is 2.28. The third-order valence-electron chi connectivity index (χ3n) is 3.57. The van der Waals surface area contributed by atoms with E-state index in [2.05, 4.69) is 24.2 Å². The highest BCUT2D eigenvalue weighted by atomic mass is 19.1. The summed E-state index contributed by atoms with van der Waals surface area (Å²) in [6.45, 7) is 6.42. The van der Waals surface area contributed by atoms with Gasteiger partial charge in [-0.3, -0.25) is 0 Å². The second kappa shape index (κ2) is 5.61. The van der Waals surface area contributed by atoms with Crippen LogP contribution in [-0.4, -0.2) is 31.6 Å². The number of halogens is 1. The van der Waals surface area contributed by atoms with Crippen molar-refractivity contribution in [3.05, 3.63) is 35.6 Å². The van der Waals surface area contributed by atoms with Crippen LogP contribution >= 0.6 is 0 Å². The Kier molecular flexibility index (Phi) is 4.13. The average molecular weight is 236 g/mol. The van der Waals surface area contributed by atoms with Crippen molar-refractivity contribution < 1.29 is 4.39 Å². The van der Waals surface area contributed by atoms with Gasteiger partial charge in [0.2, 0.25) is 0 Å². The van der Waals surface area contributed by atoms with Crippen molar-refractivity contribution in [2.75, 3.05) is 26.7 Å². The fourth-order valence-electron chi connectivity index (χ4n) is 2.52. The van der Waals surface area contributed by atoms with E-state index in [1.807, 2.05) is 6.07 Å². The molecular weight excluding hydrogens is 215 g/mol. The lowest BCUT2D eigenvalue weighted by atomic mass is 9.97. The molecule has 1 saturated heterocycles. The molecule has 0 aromatic heterocycles. The zero-order valence-electron chi connectivity index (χ0n) is 10.6. The first-order chi connectivity index (χ1) is 8.15. The Bertz CT molecular complexity index is 367. The van der Waals surface area contributed by atoms with Gasteiger partial charge >= 0.3 is 0 Å². The molecule has 0 spiro atoms. The Morgan fingerprint density at radius 3 is 2.88 bits per heavy atom. The Morgan fingerprint density at radius 2 is 2.24 bits per heavy atom. The van der Waals surface area contributed by atoms with Crippen LogP contribution in [0.2, 0.25) is 0 Å². The molecule has 2 nitrogen and oxygen atoms in total. The molecule has 1 heterocycles. The molecule has 1 aromatic carbocycles. The summed E-state index contributed by atoms with van der Waals surface area (Å²) in [5, 5.41) is 3.41. The molecule has 2 rings (SSSR count). The van der Waals surface area contributed by atoms with Gasteiger partial charge in [-0.15, -0.1) is 0 Å². The van der Waals surface area contributed by atoms with Gasteiger partial charge in [0.25, 0.3) is 0 Å². The fraction of sp³-hybridized carbons (Fsp3) is 0.571. The molecule has 0 unspecified atom stereocenters. The molecule has 0 saturated carbocycles. The molecule has 0 amide bonds. The van der Waals surface area contributed by atoms with E-state index in [4.69, 9.17) is 0 Å². The zero-order valence-corrected chi connectivity index (χ0v) is 10.6. The lowest BCUT2D eigenvalue weighted by molar-refractivity contribution is 0.252. The van der Waals surface area contributed by atoms with E-state index < -0.39 is 0 Å².